The van der Waals surface area contributed by atoms with Crippen LogP contribution < -0.4 is 5.32 Å². The van der Waals surface area contributed by atoms with Gasteiger partial charge in [-0.25, -0.2) is 9.97 Å². The van der Waals surface area contributed by atoms with Crippen LogP contribution in [0.3, 0.4) is 0 Å². The zero-order valence-corrected chi connectivity index (χ0v) is 20.0. The Morgan fingerprint density at radius 3 is 2.75 bits per heavy atom. The highest BCUT2D eigenvalue weighted by molar-refractivity contribution is 7.13. The predicted molar refractivity (Wildman–Crippen MR) is 141 cm³/mol. The number of para-hydroxylation sites is 1. The molecule has 3 N–H and O–H groups in total. The normalized spacial score (nSPS) is 13.8. The van der Waals surface area contributed by atoms with Gasteiger partial charge in [-0.05, 0) is 48.6 Å². The van der Waals surface area contributed by atoms with Crippen molar-refractivity contribution in [3.63, 3.8) is 0 Å². The number of thiophene rings is 1. The van der Waals surface area contributed by atoms with Gasteiger partial charge in [0.2, 0.25) is 5.91 Å². The number of hydrogen-bond donors (Lipinski definition) is 3. The number of rotatable bonds is 5. The van der Waals surface area contributed by atoms with E-state index in [2.05, 4.69) is 48.0 Å². The van der Waals surface area contributed by atoms with Crippen molar-refractivity contribution in [2.45, 2.75) is 19.3 Å². The van der Waals surface area contributed by atoms with E-state index in [0.29, 0.717) is 11.6 Å². The van der Waals surface area contributed by atoms with Crippen molar-refractivity contribution in [2.75, 3.05) is 5.32 Å². The number of H-pyrrole nitrogens is 2. The van der Waals surface area contributed by atoms with Crippen molar-refractivity contribution < 1.29 is 4.79 Å². The van der Waals surface area contributed by atoms with E-state index < -0.39 is 0 Å². The van der Waals surface area contributed by atoms with Crippen LogP contribution >= 0.6 is 11.3 Å². The number of fused-ring (bicyclic) bond motifs is 2. The quantitative estimate of drug-likeness (QED) is 0.273. The number of carbonyl (C=O) groups excluding carboxylic acids is 1. The lowest BCUT2D eigenvalue weighted by molar-refractivity contribution is -0.122. The van der Waals surface area contributed by atoms with Crippen LogP contribution in [0.2, 0.25) is 0 Å². The van der Waals surface area contributed by atoms with Crippen molar-refractivity contribution in [1.82, 2.24) is 30.1 Å². The van der Waals surface area contributed by atoms with Crippen molar-refractivity contribution >= 4 is 45.0 Å². The molecule has 0 saturated heterocycles. The topological polar surface area (TPSA) is 112 Å². The van der Waals surface area contributed by atoms with Crippen LogP contribution in [0.1, 0.15) is 19.3 Å². The molecule has 5 heterocycles. The largest absolute Gasteiger partial charge is 0.337 e. The number of pyridine rings is 2. The number of aromatic nitrogens is 6. The lowest BCUT2D eigenvalue weighted by atomic mass is 9.85. The van der Waals surface area contributed by atoms with Gasteiger partial charge < -0.3 is 10.3 Å². The smallest absolute Gasteiger partial charge is 0.228 e. The molecule has 1 aliphatic rings. The van der Waals surface area contributed by atoms with Crippen molar-refractivity contribution in [2.24, 2.45) is 5.92 Å². The molecule has 176 valence electrons. The molecule has 0 bridgehead atoms. The predicted octanol–water partition coefficient (Wildman–Crippen LogP) is 6.03. The molecule has 0 aliphatic heterocycles. The maximum Gasteiger partial charge on any atom is 0.228 e. The lowest BCUT2D eigenvalue weighted by Crippen LogP contribution is -2.28. The number of carbonyl (C=O) groups is 1. The molecule has 0 spiro atoms. The van der Waals surface area contributed by atoms with Crippen LogP contribution in [-0.2, 0) is 4.79 Å². The number of hydrogen-bond acceptors (Lipinski definition) is 6. The third kappa shape index (κ3) is 3.56. The minimum absolute atomic E-state index is 0.0529. The van der Waals surface area contributed by atoms with Gasteiger partial charge in [-0.1, -0.05) is 24.6 Å². The summed E-state index contributed by atoms with van der Waals surface area (Å²) in [6, 6.07) is 16.0. The fraction of sp³-hybridized carbons (Fsp3) is 0.148. The first-order valence-electron chi connectivity index (χ1n) is 11.9. The van der Waals surface area contributed by atoms with Gasteiger partial charge in [-0.3, -0.25) is 14.9 Å². The molecule has 0 atom stereocenters. The summed E-state index contributed by atoms with van der Waals surface area (Å²) in [4.78, 5) is 30.8. The van der Waals surface area contributed by atoms with Gasteiger partial charge in [0.15, 0.2) is 5.82 Å². The van der Waals surface area contributed by atoms with Gasteiger partial charge in [-0.15, -0.1) is 11.3 Å². The number of nitrogens with one attached hydrogen (secondary N) is 3. The van der Waals surface area contributed by atoms with Crippen molar-refractivity contribution in [1.29, 1.82) is 0 Å². The minimum Gasteiger partial charge on any atom is -0.337 e. The number of aromatic amines is 2. The molecule has 8 nitrogen and oxygen atoms in total. The van der Waals surface area contributed by atoms with E-state index in [9.17, 15) is 4.79 Å². The van der Waals surface area contributed by atoms with Gasteiger partial charge in [0, 0.05) is 33.5 Å². The Labute approximate surface area is 209 Å². The molecular formula is C27H21N7OS. The molecule has 1 fully saturated rings. The third-order valence-electron chi connectivity index (χ3n) is 6.76. The summed E-state index contributed by atoms with van der Waals surface area (Å²) in [5, 5.41) is 13.5. The summed E-state index contributed by atoms with van der Waals surface area (Å²) in [6.45, 7) is 0. The first-order valence-corrected chi connectivity index (χ1v) is 12.8. The molecule has 0 unspecified atom stereocenters. The highest BCUT2D eigenvalue weighted by atomic mass is 32.1. The molecule has 36 heavy (non-hydrogen) atoms. The summed E-state index contributed by atoms with van der Waals surface area (Å²) in [5.74, 6) is 1.43. The van der Waals surface area contributed by atoms with E-state index in [0.717, 1.165) is 63.7 Å². The van der Waals surface area contributed by atoms with Gasteiger partial charge in [-0.2, -0.15) is 5.10 Å². The van der Waals surface area contributed by atoms with E-state index in [4.69, 9.17) is 4.98 Å². The second-order valence-electron chi connectivity index (χ2n) is 9.00. The molecule has 6 aromatic rings. The Hall–Kier alpha value is -4.37. The zero-order valence-electron chi connectivity index (χ0n) is 19.2. The summed E-state index contributed by atoms with van der Waals surface area (Å²) in [7, 11) is 0. The fourth-order valence-electron chi connectivity index (χ4n) is 4.55. The van der Waals surface area contributed by atoms with Gasteiger partial charge in [0.25, 0.3) is 0 Å². The molecule has 1 saturated carbocycles. The SMILES string of the molecule is O=C(Nc1ccc(-c2cc3c(-c4nc5c(-c6cccs6)cccc5[nH]4)n[nH]c3cn2)cn1)C1CCC1. The molecule has 7 rings (SSSR count). The molecular weight excluding hydrogens is 470 g/mol. The highest BCUT2D eigenvalue weighted by Crippen LogP contribution is 2.34. The Bertz CT molecular complexity index is 1710. The zero-order chi connectivity index (χ0) is 24.1. The monoisotopic (exact) mass is 491 g/mol. The second-order valence-corrected chi connectivity index (χ2v) is 9.95. The number of imidazole rings is 1. The van der Waals surface area contributed by atoms with Crippen LogP contribution in [0.4, 0.5) is 5.82 Å². The fourth-order valence-corrected chi connectivity index (χ4v) is 5.30. The minimum atomic E-state index is 0.0529. The maximum absolute atomic E-state index is 12.2. The summed E-state index contributed by atoms with van der Waals surface area (Å²) in [6.07, 6.45) is 6.55. The number of anilines is 1. The van der Waals surface area contributed by atoms with Crippen molar-refractivity contribution in [3.8, 4) is 33.2 Å². The number of benzene rings is 1. The Kier molecular flexibility index (Phi) is 4.88. The average molecular weight is 492 g/mol. The third-order valence-corrected chi connectivity index (χ3v) is 7.66. The molecule has 1 amide bonds. The highest BCUT2D eigenvalue weighted by Gasteiger charge is 2.25. The first kappa shape index (κ1) is 21.0. The van der Waals surface area contributed by atoms with Crippen LogP contribution in [0.15, 0.2) is 66.3 Å². The molecule has 5 aromatic heterocycles. The van der Waals surface area contributed by atoms with E-state index in [-0.39, 0.29) is 11.8 Å². The van der Waals surface area contributed by atoms with Gasteiger partial charge in [0.05, 0.1) is 28.4 Å². The van der Waals surface area contributed by atoms with Crippen LogP contribution in [0.25, 0.3) is 55.2 Å². The molecule has 0 radical (unpaired) electrons. The van der Waals surface area contributed by atoms with Crippen molar-refractivity contribution in [3.05, 3.63) is 66.3 Å². The Morgan fingerprint density at radius 1 is 1.03 bits per heavy atom. The molecule has 9 heteroatoms. The number of amides is 1. The van der Waals surface area contributed by atoms with E-state index in [1.54, 1.807) is 23.7 Å². The van der Waals surface area contributed by atoms with Crippen LogP contribution in [-0.4, -0.2) is 36.0 Å². The standard InChI is InChI=1S/C27H21N7OS/c35-27(15-4-1-5-15)31-23-10-9-16(13-29-23)20-12-18-21(14-28-20)33-34-25(18)26-30-19-7-2-6-17(24(19)32-26)22-8-3-11-36-22/h2-3,6-15H,1,4-5H2,(H,30,32)(H,33,34)(H,29,31,35). The van der Waals surface area contributed by atoms with Crippen LogP contribution in [0.5, 0.6) is 0 Å². The van der Waals surface area contributed by atoms with E-state index in [1.165, 1.54) is 4.88 Å². The Balaban J connectivity index is 1.23. The maximum atomic E-state index is 12.2. The summed E-state index contributed by atoms with van der Waals surface area (Å²) >= 11 is 1.70. The van der Waals surface area contributed by atoms with Gasteiger partial charge in [0.1, 0.15) is 11.5 Å². The average Bonchev–Trinajstić information content (AvgIpc) is 3.62. The van der Waals surface area contributed by atoms with Gasteiger partial charge >= 0.3 is 0 Å². The van der Waals surface area contributed by atoms with E-state index >= 15 is 0 Å². The molecule has 1 aliphatic carbocycles. The lowest BCUT2D eigenvalue weighted by Gasteiger charge is -2.23. The summed E-state index contributed by atoms with van der Waals surface area (Å²) < 4.78 is 0. The molecule has 1 aromatic carbocycles. The summed E-state index contributed by atoms with van der Waals surface area (Å²) in [5.41, 5.74) is 6.17. The van der Waals surface area contributed by atoms with Crippen LogP contribution in [0, 0.1) is 5.92 Å². The number of nitrogens with zero attached hydrogens (tertiary/aromatic N) is 4. The second kappa shape index (κ2) is 8.39. The van der Waals surface area contributed by atoms with E-state index in [1.807, 2.05) is 36.4 Å². The Morgan fingerprint density at radius 2 is 1.97 bits per heavy atom. The first-order chi connectivity index (χ1) is 17.7.